The van der Waals surface area contributed by atoms with Gasteiger partial charge in [0.15, 0.2) is 0 Å². The van der Waals surface area contributed by atoms with Crippen LogP contribution < -0.4 is 10.2 Å². The van der Waals surface area contributed by atoms with Crippen LogP contribution in [0.15, 0.2) is 54.6 Å². The normalized spacial score (nSPS) is 13.8. The number of carbonyl (C=O) groups is 2. The van der Waals surface area contributed by atoms with Crippen LogP contribution in [0.25, 0.3) is 6.08 Å². The lowest BCUT2D eigenvalue weighted by molar-refractivity contribution is -0.111. The van der Waals surface area contributed by atoms with Crippen molar-refractivity contribution in [3.05, 3.63) is 65.7 Å². The summed E-state index contributed by atoms with van der Waals surface area (Å²) in [5, 5.41) is 2.90. The number of hydrogen-bond acceptors (Lipinski definition) is 4. The number of benzene rings is 2. The van der Waals surface area contributed by atoms with E-state index in [9.17, 15) is 9.59 Å². The topological polar surface area (TPSA) is 58.6 Å². The fraction of sp³-hybridized carbons (Fsp3) is 0.238. The Morgan fingerprint density at radius 2 is 1.81 bits per heavy atom. The summed E-state index contributed by atoms with van der Waals surface area (Å²) in [6, 6.07) is 14.9. The Kier molecular flexibility index (Phi) is 5.69. The van der Waals surface area contributed by atoms with Crippen molar-refractivity contribution in [2.45, 2.75) is 12.8 Å². The Hall–Kier alpha value is -3.08. The molecule has 1 N–H and O–H groups in total. The number of esters is 1. The third-order valence-electron chi connectivity index (χ3n) is 4.35. The molecule has 1 saturated heterocycles. The summed E-state index contributed by atoms with van der Waals surface area (Å²) in [5.41, 5.74) is 2.91. The molecule has 0 saturated carbocycles. The van der Waals surface area contributed by atoms with Crippen molar-refractivity contribution in [1.82, 2.24) is 0 Å². The molecule has 0 unspecified atom stereocenters. The van der Waals surface area contributed by atoms with Gasteiger partial charge in [-0.15, -0.1) is 0 Å². The van der Waals surface area contributed by atoms with Gasteiger partial charge in [-0.2, -0.15) is 0 Å². The molecule has 5 heteroatoms. The maximum Gasteiger partial charge on any atom is 0.337 e. The Labute approximate surface area is 153 Å². The highest BCUT2D eigenvalue weighted by atomic mass is 16.5. The molecule has 0 bridgehead atoms. The van der Waals surface area contributed by atoms with Gasteiger partial charge in [0, 0.05) is 19.2 Å². The zero-order valence-corrected chi connectivity index (χ0v) is 14.8. The van der Waals surface area contributed by atoms with Gasteiger partial charge in [-0.25, -0.2) is 4.79 Å². The van der Waals surface area contributed by atoms with Gasteiger partial charge in [0.2, 0.25) is 5.91 Å². The molecule has 1 amide bonds. The van der Waals surface area contributed by atoms with Crippen molar-refractivity contribution in [2.24, 2.45) is 0 Å². The van der Waals surface area contributed by atoms with E-state index in [2.05, 4.69) is 10.2 Å². The van der Waals surface area contributed by atoms with Crippen molar-refractivity contribution in [3.63, 3.8) is 0 Å². The third-order valence-corrected chi connectivity index (χ3v) is 4.35. The van der Waals surface area contributed by atoms with Crippen molar-refractivity contribution >= 4 is 29.3 Å². The van der Waals surface area contributed by atoms with E-state index in [1.807, 2.05) is 36.4 Å². The number of methoxy groups -OCH3 is 1. The molecule has 2 aromatic carbocycles. The molecule has 0 aliphatic carbocycles. The highest BCUT2D eigenvalue weighted by Crippen LogP contribution is 2.30. The highest BCUT2D eigenvalue weighted by molar-refractivity contribution is 6.05. The van der Waals surface area contributed by atoms with Gasteiger partial charge in [-0.1, -0.05) is 30.3 Å². The van der Waals surface area contributed by atoms with Gasteiger partial charge in [0.25, 0.3) is 0 Å². The standard InChI is InChI=1S/C21H22N2O3/c1-26-21(25)17-10-11-19(23-13-5-6-14-23)18(15-17)22-20(24)12-9-16-7-3-2-4-8-16/h2-4,7-12,15H,5-6,13-14H2,1H3,(H,22,24). The van der Waals surface area contributed by atoms with Crippen LogP contribution in [0.1, 0.15) is 28.8 Å². The van der Waals surface area contributed by atoms with E-state index in [0.29, 0.717) is 11.3 Å². The second-order valence-corrected chi connectivity index (χ2v) is 6.15. The predicted molar refractivity (Wildman–Crippen MR) is 103 cm³/mol. The Bertz CT molecular complexity index is 809. The van der Waals surface area contributed by atoms with Crippen LogP contribution in [0.3, 0.4) is 0 Å². The zero-order valence-electron chi connectivity index (χ0n) is 14.8. The molecule has 134 valence electrons. The molecule has 2 aromatic rings. The molecule has 26 heavy (non-hydrogen) atoms. The Balaban J connectivity index is 1.82. The molecule has 0 radical (unpaired) electrons. The summed E-state index contributed by atoms with van der Waals surface area (Å²) in [5.74, 6) is -0.662. The van der Waals surface area contributed by atoms with Gasteiger partial charge >= 0.3 is 5.97 Å². The first-order valence-electron chi connectivity index (χ1n) is 8.69. The third kappa shape index (κ3) is 4.30. The van der Waals surface area contributed by atoms with E-state index in [1.165, 1.54) is 13.2 Å². The molecule has 1 aliphatic rings. The number of hydrogen-bond donors (Lipinski definition) is 1. The van der Waals surface area contributed by atoms with Crippen LogP contribution in [-0.2, 0) is 9.53 Å². The molecule has 1 fully saturated rings. The van der Waals surface area contributed by atoms with Crippen LogP contribution >= 0.6 is 0 Å². The first-order valence-corrected chi connectivity index (χ1v) is 8.69. The van der Waals surface area contributed by atoms with Crippen molar-refractivity contribution < 1.29 is 14.3 Å². The van der Waals surface area contributed by atoms with E-state index in [4.69, 9.17) is 4.74 Å². The minimum atomic E-state index is -0.423. The van der Waals surface area contributed by atoms with Crippen LogP contribution in [-0.4, -0.2) is 32.1 Å². The zero-order chi connectivity index (χ0) is 18.4. The SMILES string of the molecule is COC(=O)c1ccc(N2CCCC2)c(NC(=O)C=Cc2ccccc2)c1. The average Bonchev–Trinajstić information content (AvgIpc) is 3.21. The minimum Gasteiger partial charge on any atom is -0.465 e. The Morgan fingerprint density at radius 3 is 2.50 bits per heavy atom. The quantitative estimate of drug-likeness (QED) is 0.659. The van der Waals surface area contributed by atoms with Crippen molar-refractivity contribution in [3.8, 4) is 0 Å². The number of ether oxygens (including phenoxy) is 1. The lowest BCUT2D eigenvalue weighted by atomic mass is 10.1. The molecule has 5 nitrogen and oxygen atoms in total. The summed E-state index contributed by atoms with van der Waals surface area (Å²) in [6.45, 7) is 1.89. The number of nitrogens with zero attached hydrogens (tertiary/aromatic N) is 1. The van der Waals surface area contributed by atoms with Crippen LogP contribution in [0, 0.1) is 0 Å². The Morgan fingerprint density at radius 1 is 1.08 bits per heavy atom. The predicted octanol–water partition coefficient (Wildman–Crippen LogP) is 3.73. The van der Waals surface area contributed by atoms with Crippen LogP contribution in [0.5, 0.6) is 0 Å². The fourth-order valence-electron chi connectivity index (χ4n) is 3.03. The van der Waals surface area contributed by atoms with Crippen LogP contribution in [0.4, 0.5) is 11.4 Å². The maximum absolute atomic E-state index is 12.4. The lowest BCUT2D eigenvalue weighted by Crippen LogP contribution is -2.21. The summed E-state index contributed by atoms with van der Waals surface area (Å²) in [4.78, 5) is 26.4. The summed E-state index contributed by atoms with van der Waals surface area (Å²) >= 11 is 0. The molecule has 0 spiro atoms. The number of anilines is 2. The van der Waals surface area contributed by atoms with E-state index in [-0.39, 0.29) is 5.91 Å². The van der Waals surface area contributed by atoms with E-state index in [0.717, 1.165) is 37.2 Å². The number of carbonyl (C=O) groups excluding carboxylic acids is 2. The van der Waals surface area contributed by atoms with E-state index >= 15 is 0 Å². The minimum absolute atomic E-state index is 0.240. The maximum atomic E-state index is 12.4. The number of nitrogens with one attached hydrogen (secondary N) is 1. The molecular formula is C21H22N2O3. The van der Waals surface area contributed by atoms with Crippen molar-refractivity contribution in [2.75, 3.05) is 30.4 Å². The molecular weight excluding hydrogens is 328 g/mol. The average molecular weight is 350 g/mol. The first-order chi connectivity index (χ1) is 12.7. The van der Waals surface area contributed by atoms with Crippen molar-refractivity contribution in [1.29, 1.82) is 0 Å². The summed E-state index contributed by atoms with van der Waals surface area (Å²) in [7, 11) is 1.34. The molecule has 1 heterocycles. The smallest absolute Gasteiger partial charge is 0.337 e. The summed E-state index contributed by atoms with van der Waals surface area (Å²) in [6.07, 6.45) is 5.50. The number of amides is 1. The lowest BCUT2D eigenvalue weighted by Gasteiger charge is -2.22. The van der Waals surface area contributed by atoms with Gasteiger partial charge < -0.3 is 15.0 Å². The van der Waals surface area contributed by atoms with E-state index in [1.54, 1.807) is 18.2 Å². The van der Waals surface area contributed by atoms with Gasteiger partial charge in [-0.05, 0) is 42.7 Å². The first kappa shape index (κ1) is 17.7. The largest absolute Gasteiger partial charge is 0.465 e. The molecule has 1 aliphatic heterocycles. The second-order valence-electron chi connectivity index (χ2n) is 6.15. The summed E-state index contributed by atoms with van der Waals surface area (Å²) < 4.78 is 4.79. The monoisotopic (exact) mass is 350 g/mol. The van der Waals surface area contributed by atoms with Gasteiger partial charge in [-0.3, -0.25) is 4.79 Å². The van der Waals surface area contributed by atoms with Gasteiger partial charge in [0.05, 0.1) is 24.0 Å². The fourth-order valence-corrected chi connectivity index (χ4v) is 3.03. The highest BCUT2D eigenvalue weighted by Gasteiger charge is 2.18. The van der Waals surface area contributed by atoms with E-state index < -0.39 is 5.97 Å². The molecule has 3 rings (SSSR count). The van der Waals surface area contributed by atoms with Crippen LogP contribution in [0.2, 0.25) is 0 Å². The second kappa shape index (κ2) is 8.34. The number of rotatable bonds is 5. The molecule has 0 atom stereocenters. The van der Waals surface area contributed by atoms with Gasteiger partial charge in [0.1, 0.15) is 0 Å². The molecule has 0 aromatic heterocycles.